The van der Waals surface area contributed by atoms with E-state index in [9.17, 15) is 13.2 Å². The standard InChI is InChI=1S/C9H9Br2NO4S/c1-12(5-9(13)14)17(15,16)8-3-2-6(10)4-7(8)11/h2-4H,5H2,1H3,(H,13,14). The Morgan fingerprint density at radius 1 is 1.41 bits per heavy atom. The molecule has 1 rings (SSSR count). The number of aliphatic carboxylic acids is 1. The Balaban J connectivity index is 3.17. The van der Waals surface area contributed by atoms with Gasteiger partial charge in [0.25, 0.3) is 0 Å². The topological polar surface area (TPSA) is 74.7 Å². The first kappa shape index (κ1) is 14.6. The fraction of sp³-hybridized carbons (Fsp3) is 0.222. The van der Waals surface area contributed by atoms with Crippen LogP contribution in [-0.2, 0) is 14.8 Å². The molecule has 1 aromatic carbocycles. The van der Waals surface area contributed by atoms with Crippen LogP contribution in [0.15, 0.2) is 32.0 Å². The first-order chi connectivity index (χ1) is 7.75. The van der Waals surface area contributed by atoms with Crippen LogP contribution in [0.5, 0.6) is 0 Å². The zero-order valence-electron chi connectivity index (χ0n) is 8.72. The Morgan fingerprint density at radius 3 is 2.47 bits per heavy atom. The number of benzene rings is 1. The first-order valence-corrected chi connectivity index (χ1v) is 7.41. The smallest absolute Gasteiger partial charge is 0.318 e. The normalized spacial score (nSPS) is 11.8. The molecule has 8 heteroatoms. The van der Waals surface area contributed by atoms with Crippen LogP contribution >= 0.6 is 31.9 Å². The van der Waals surface area contributed by atoms with Crippen molar-refractivity contribution in [2.24, 2.45) is 0 Å². The summed E-state index contributed by atoms with van der Waals surface area (Å²) in [7, 11) is -2.58. The van der Waals surface area contributed by atoms with E-state index in [-0.39, 0.29) is 4.90 Å². The van der Waals surface area contributed by atoms with Gasteiger partial charge in [0.05, 0.1) is 4.90 Å². The number of carbonyl (C=O) groups is 1. The summed E-state index contributed by atoms with van der Waals surface area (Å²) >= 11 is 6.34. The molecular weight excluding hydrogens is 378 g/mol. The number of hydrogen-bond acceptors (Lipinski definition) is 3. The molecule has 0 heterocycles. The monoisotopic (exact) mass is 385 g/mol. The molecule has 0 aliphatic carbocycles. The molecule has 0 saturated heterocycles. The van der Waals surface area contributed by atoms with Crippen LogP contribution in [0.1, 0.15) is 0 Å². The van der Waals surface area contributed by atoms with Gasteiger partial charge in [-0.15, -0.1) is 0 Å². The van der Waals surface area contributed by atoms with Crippen molar-refractivity contribution in [3.05, 3.63) is 27.1 Å². The number of carboxylic acids is 1. The third-order valence-corrected chi connectivity index (χ3v) is 5.21. The van der Waals surface area contributed by atoms with Crippen molar-refractivity contribution >= 4 is 47.9 Å². The Morgan fingerprint density at radius 2 is 2.00 bits per heavy atom. The molecule has 0 unspecified atom stereocenters. The average molecular weight is 387 g/mol. The van der Waals surface area contributed by atoms with E-state index in [1.807, 2.05) is 0 Å². The lowest BCUT2D eigenvalue weighted by molar-refractivity contribution is -0.137. The third kappa shape index (κ3) is 3.51. The molecule has 5 nitrogen and oxygen atoms in total. The second kappa shape index (κ2) is 5.47. The SMILES string of the molecule is CN(CC(=O)O)S(=O)(=O)c1ccc(Br)cc1Br. The summed E-state index contributed by atoms with van der Waals surface area (Å²) in [5, 5.41) is 8.58. The highest BCUT2D eigenvalue weighted by Gasteiger charge is 2.24. The predicted molar refractivity (Wildman–Crippen MR) is 69.3 cm³/mol. The molecule has 0 spiro atoms. The Kier molecular flexibility index (Phi) is 4.70. The van der Waals surface area contributed by atoms with Crippen LogP contribution in [0.25, 0.3) is 0 Å². The minimum Gasteiger partial charge on any atom is -0.480 e. The van der Waals surface area contributed by atoms with E-state index >= 15 is 0 Å². The van der Waals surface area contributed by atoms with Gasteiger partial charge in [0.15, 0.2) is 0 Å². The number of rotatable bonds is 4. The molecule has 0 aliphatic rings. The van der Waals surface area contributed by atoms with E-state index in [0.29, 0.717) is 4.47 Å². The van der Waals surface area contributed by atoms with Crippen LogP contribution < -0.4 is 0 Å². The number of sulfonamides is 1. The van der Waals surface area contributed by atoms with E-state index in [4.69, 9.17) is 5.11 Å². The van der Waals surface area contributed by atoms with Gasteiger partial charge in [0.1, 0.15) is 6.54 Å². The zero-order chi connectivity index (χ0) is 13.2. The van der Waals surface area contributed by atoms with Crippen LogP contribution in [0, 0.1) is 0 Å². The lowest BCUT2D eigenvalue weighted by Crippen LogP contribution is -2.32. The molecule has 0 aliphatic heterocycles. The van der Waals surface area contributed by atoms with E-state index in [1.165, 1.54) is 13.1 Å². The van der Waals surface area contributed by atoms with Crippen molar-refractivity contribution in [2.75, 3.05) is 13.6 Å². The Labute approximate surface area is 116 Å². The van der Waals surface area contributed by atoms with Gasteiger partial charge in [-0.25, -0.2) is 8.42 Å². The van der Waals surface area contributed by atoms with E-state index in [2.05, 4.69) is 31.9 Å². The van der Waals surface area contributed by atoms with Gasteiger partial charge in [-0.05, 0) is 34.1 Å². The van der Waals surface area contributed by atoms with Gasteiger partial charge >= 0.3 is 5.97 Å². The molecule has 17 heavy (non-hydrogen) atoms. The highest BCUT2D eigenvalue weighted by atomic mass is 79.9. The van der Waals surface area contributed by atoms with E-state index < -0.39 is 22.5 Å². The predicted octanol–water partition coefficient (Wildman–Crippen LogP) is 1.92. The molecule has 0 bridgehead atoms. The second-order valence-electron chi connectivity index (χ2n) is 3.23. The van der Waals surface area contributed by atoms with Gasteiger partial charge in [-0.1, -0.05) is 15.9 Å². The van der Waals surface area contributed by atoms with Gasteiger partial charge < -0.3 is 5.11 Å². The van der Waals surface area contributed by atoms with Crippen molar-refractivity contribution in [1.82, 2.24) is 4.31 Å². The van der Waals surface area contributed by atoms with Gasteiger partial charge in [0, 0.05) is 16.0 Å². The zero-order valence-corrected chi connectivity index (χ0v) is 12.7. The Hall–Kier alpha value is -0.440. The van der Waals surface area contributed by atoms with Crippen LogP contribution in [0.3, 0.4) is 0 Å². The number of likely N-dealkylation sites (N-methyl/N-ethyl adjacent to an activating group) is 1. The molecule has 0 atom stereocenters. The average Bonchev–Trinajstić information content (AvgIpc) is 2.15. The largest absolute Gasteiger partial charge is 0.480 e. The molecule has 1 N–H and O–H groups in total. The fourth-order valence-corrected chi connectivity index (χ4v) is 3.95. The number of halogens is 2. The summed E-state index contributed by atoms with van der Waals surface area (Å²) in [6, 6.07) is 4.57. The fourth-order valence-electron chi connectivity index (χ4n) is 1.13. The van der Waals surface area contributed by atoms with Gasteiger partial charge in [0.2, 0.25) is 10.0 Å². The van der Waals surface area contributed by atoms with E-state index in [1.54, 1.807) is 12.1 Å². The molecule has 0 saturated carbocycles. The molecule has 0 amide bonds. The van der Waals surface area contributed by atoms with Crippen molar-refractivity contribution in [3.8, 4) is 0 Å². The summed E-state index contributed by atoms with van der Waals surface area (Å²) in [5.74, 6) is -1.20. The van der Waals surface area contributed by atoms with Gasteiger partial charge in [-0.3, -0.25) is 4.79 Å². The quantitative estimate of drug-likeness (QED) is 0.857. The minimum absolute atomic E-state index is 0.0319. The van der Waals surface area contributed by atoms with Gasteiger partial charge in [-0.2, -0.15) is 4.31 Å². The van der Waals surface area contributed by atoms with Crippen LogP contribution in [0.2, 0.25) is 0 Å². The van der Waals surface area contributed by atoms with Crippen LogP contribution in [0.4, 0.5) is 0 Å². The molecular formula is C9H9Br2NO4S. The molecule has 0 fully saturated rings. The molecule has 94 valence electrons. The summed E-state index contributed by atoms with van der Waals surface area (Å²) in [6.07, 6.45) is 0. The van der Waals surface area contributed by atoms with Crippen molar-refractivity contribution < 1.29 is 18.3 Å². The summed E-state index contributed by atoms with van der Waals surface area (Å²) in [6.45, 7) is -0.579. The van der Waals surface area contributed by atoms with Crippen molar-refractivity contribution in [3.63, 3.8) is 0 Å². The van der Waals surface area contributed by atoms with Crippen LogP contribution in [-0.4, -0.2) is 37.4 Å². The number of hydrogen-bond donors (Lipinski definition) is 1. The summed E-state index contributed by atoms with van der Waals surface area (Å²) < 4.78 is 25.9. The lowest BCUT2D eigenvalue weighted by Gasteiger charge is -2.15. The molecule has 1 aromatic rings. The molecule has 0 aromatic heterocycles. The Bertz CT molecular complexity index is 544. The second-order valence-corrected chi connectivity index (χ2v) is 7.01. The third-order valence-electron chi connectivity index (χ3n) is 1.94. The van der Waals surface area contributed by atoms with Crippen molar-refractivity contribution in [2.45, 2.75) is 4.90 Å². The maximum atomic E-state index is 12.0. The number of nitrogens with zero attached hydrogens (tertiary/aromatic N) is 1. The highest BCUT2D eigenvalue weighted by molar-refractivity contribution is 9.11. The highest BCUT2D eigenvalue weighted by Crippen LogP contribution is 2.27. The summed E-state index contributed by atoms with van der Waals surface area (Å²) in [4.78, 5) is 10.5. The maximum absolute atomic E-state index is 12.0. The van der Waals surface area contributed by atoms with E-state index in [0.717, 1.165) is 8.78 Å². The summed E-state index contributed by atoms with van der Waals surface area (Å²) in [5.41, 5.74) is 0. The van der Waals surface area contributed by atoms with Crippen molar-refractivity contribution in [1.29, 1.82) is 0 Å². The lowest BCUT2D eigenvalue weighted by atomic mass is 10.4. The first-order valence-electron chi connectivity index (χ1n) is 4.38. The number of carboxylic acid groups (broad SMARTS) is 1. The molecule has 0 radical (unpaired) electrons. The maximum Gasteiger partial charge on any atom is 0.318 e. The minimum atomic E-state index is -3.80.